The summed E-state index contributed by atoms with van der Waals surface area (Å²) in [5.41, 5.74) is -3.14. The Morgan fingerprint density at radius 3 is 2.14 bits per heavy atom. The number of benzene rings is 2. The maximum atomic E-state index is 16.5. The van der Waals surface area contributed by atoms with Crippen molar-refractivity contribution >= 4 is 23.9 Å². The van der Waals surface area contributed by atoms with E-state index < -0.39 is 46.6 Å². The zero-order valence-electron chi connectivity index (χ0n) is 26.4. The number of carbonyl (C=O) groups excluding carboxylic acids is 3. The largest absolute Gasteiger partial charge is 0.444 e. The third kappa shape index (κ3) is 8.08. The minimum Gasteiger partial charge on any atom is -0.444 e. The van der Waals surface area contributed by atoms with Crippen LogP contribution in [-0.4, -0.2) is 53.0 Å². The first kappa shape index (κ1) is 34.8. The quantitative estimate of drug-likeness (QED) is 0.145. The molecule has 10 heteroatoms. The van der Waals surface area contributed by atoms with E-state index in [9.17, 15) is 23.2 Å². The summed E-state index contributed by atoms with van der Waals surface area (Å²) in [6.07, 6.45) is 0.481. The molecule has 0 N–H and O–H groups in total. The van der Waals surface area contributed by atoms with Crippen molar-refractivity contribution in [1.29, 1.82) is 0 Å². The second kappa shape index (κ2) is 13.5. The zero-order valence-corrected chi connectivity index (χ0v) is 26.4. The Kier molecular flexibility index (Phi) is 10.7. The lowest BCUT2D eigenvalue weighted by Gasteiger charge is -2.49. The number of nitrogens with zero attached hydrogens (tertiary/aromatic N) is 1. The molecule has 2 aromatic carbocycles. The topological polar surface area (TPSA) is 82.1 Å². The van der Waals surface area contributed by atoms with Crippen LogP contribution in [0.15, 0.2) is 60.7 Å². The van der Waals surface area contributed by atoms with Gasteiger partial charge in [0.05, 0.1) is 5.92 Å². The number of rotatable bonds is 11. The summed E-state index contributed by atoms with van der Waals surface area (Å²) in [6.45, 7) is 8.64. The van der Waals surface area contributed by atoms with Crippen LogP contribution in [0.1, 0.15) is 83.4 Å². The van der Waals surface area contributed by atoms with E-state index in [1.807, 2.05) is 0 Å². The van der Waals surface area contributed by atoms with Gasteiger partial charge in [0, 0.05) is 25.8 Å². The predicted octanol–water partition coefficient (Wildman–Crippen LogP) is 7.84. The number of alkyl halides is 3. The number of amides is 1. The molecule has 2 unspecified atom stereocenters. The smallest absolute Gasteiger partial charge is 0.411 e. The second-order valence-corrected chi connectivity index (χ2v) is 12.8. The second-order valence-electron chi connectivity index (χ2n) is 12.8. The predicted molar refractivity (Wildman–Crippen MR) is 160 cm³/mol. The van der Waals surface area contributed by atoms with Crippen molar-refractivity contribution in [3.63, 3.8) is 0 Å². The number of allylic oxidation sites excluding steroid dienone is 2. The SMILES string of the molecule is CC(C=O)[C@@](C(=O)OOCc1ccccc1)(C(c1ccc(C2=CCC(F)(F)CC2)cc1)C(C)(C)F)N(C)C(=O)OC(C)(C)C. The summed E-state index contributed by atoms with van der Waals surface area (Å²) in [5, 5.41) is 0. The van der Waals surface area contributed by atoms with Gasteiger partial charge in [0.25, 0.3) is 5.92 Å². The van der Waals surface area contributed by atoms with Crippen LogP contribution in [0.3, 0.4) is 0 Å². The first-order valence-electron chi connectivity index (χ1n) is 14.6. The van der Waals surface area contributed by atoms with Crippen LogP contribution in [-0.2, 0) is 30.7 Å². The Labute approximate surface area is 257 Å². The van der Waals surface area contributed by atoms with E-state index in [-0.39, 0.29) is 31.4 Å². The Hall–Kier alpha value is -3.66. The van der Waals surface area contributed by atoms with Crippen LogP contribution in [0.4, 0.5) is 18.0 Å². The highest BCUT2D eigenvalue weighted by molar-refractivity contribution is 5.90. The Morgan fingerprint density at radius 2 is 1.64 bits per heavy atom. The molecule has 44 heavy (non-hydrogen) atoms. The number of hydrogen-bond donors (Lipinski definition) is 0. The molecule has 240 valence electrons. The van der Waals surface area contributed by atoms with Crippen LogP contribution in [0, 0.1) is 5.92 Å². The molecule has 1 amide bonds. The molecule has 0 saturated heterocycles. The van der Waals surface area contributed by atoms with Gasteiger partial charge in [-0.05, 0) is 63.3 Å². The van der Waals surface area contributed by atoms with Gasteiger partial charge in [-0.15, -0.1) is 0 Å². The fraction of sp³-hybridized carbons (Fsp3) is 0.500. The lowest BCUT2D eigenvalue weighted by Crippen LogP contribution is -2.67. The summed E-state index contributed by atoms with van der Waals surface area (Å²) in [5.74, 6) is -6.71. The van der Waals surface area contributed by atoms with E-state index in [0.29, 0.717) is 17.4 Å². The van der Waals surface area contributed by atoms with Gasteiger partial charge in [-0.25, -0.2) is 22.8 Å². The monoisotopic (exact) mass is 617 g/mol. The lowest BCUT2D eigenvalue weighted by atomic mass is 9.65. The highest BCUT2D eigenvalue weighted by Gasteiger charge is 2.62. The third-order valence-corrected chi connectivity index (χ3v) is 7.80. The number of halogens is 3. The Bertz CT molecular complexity index is 1330. The molecule has 0 spiro atoms. The molecule has 0 aliphatic heterocycles. The maximum Gasteiger partial charge on any atom is 0.411 e. The molecule has 0 radical (unpaired) electrons. The van der Waals surface area contributed by atoms with E-state index in [4.69, 9.17) is 14.5 Å². The van der Waals surface area contributed by atoms with Crippen LogP contribution < -0.4 is 0 Å². The van der Waals surface area contributed by atoms with Gasteiger partial charge in [0.15, 0.2) is 5.54 Å². The van der Waals surface area contributed by atoms with Crippen molar-refractivity contribution in [1.82, 2.24) is 4.90 Å². The van der Waals surface area contributed by atoms with Crippen LogP contribution in [0.2, 0.25) is 0 Å². The third-order valence-electron chi connectivity index (χ3n) is 7.80. The molecule has 0 aromatic heterocycles. The molecular formula is C34H42F3NO6. The van der Waals surface area contributed by atoms with Gasteiger partial charge < -0.3 is 9.53 Å². The molecule has 7 nitrogen and oxygen atoms in total. The average molecular weight is 618 g/mol. The number of likely N-dealkylation sites (N-methyl/N-ethyl adjacent to an activating group) is 1. The molecule has 0 saturated carbocycles. The summed E-state index contributed by atoms with van der Waals surface area (Å²) in [6, 6.07) is 15.3. The van der Waals surface area contributed by atoms with Crippen LogP contribution in [0.5, 0.6) is 0 Å². The van der Waals surface area contributed by atoms with E-state index in [1.54, 1.807) is 75.4 Å². The number of carbonyl (C=O) groups is 3. The van der Waals surface area contributed by atoms with Gasteiger partial charge >= 0.3 is 12.1 Å². The summed E-state index contributed by atoms with van der Waals surface area (Å²) in [7, 11) is 1.26. The first-order chi connectivity index (χ1) is 20.4. The van der Waals surface area contributed by atoms with E-state index in [0.717, 1.165) is 10.5 Å². The van der Waals surface area contributed by atoms with Gasteiger partial charge in [-0.2, -0.15) is 4.89 Å². The molecule has 2 aromatic rings. The van der Waals surface area contributed by atoms with Gasteiger partial charge in [0.1, 0.15) is 24.2 Å². The van der Waals surface area contributed by atoms with Crippen molar-refractivity contribution < 1.29 is 42.1 Å². The highest BCUT2D eigenvalue weighted by Crippen LogP contribution is 2.48. The fourth-order valence-corrected chi connectivity index (χ4v) is 5.70. The van der Waals surface area contributed by atoms with Gasteiger partial charge in [0.2, 0.25) is 0 Å². The molecule has 3 rings (SSSR count). The molecular weight excluding hydrogens is 575 g/mol. The van der Waals surface area contributed by atoms with E-state index in [1.165, 1.54) is 33.9 Å². The summed E-state index contributed by atoms with van der Waals surface area (Å²) < 4.78 is 49.6. The first-order valence-corrected chi connectivity index (χ1v) is 14.6. The lowest BCUT2D eigenvalue weighted by molar-refractivity contribution is -0.291. The normalized spacial score (nSPS) is 17.8. The fourth-order valence-electron chi connectivity index (χ4n) is 5.70. The average Bonchev–Trinajstić information content (AvgIpc) is 2.94. The molecule has 3 atom stereocenters. The highest BCUT2D eigenvalue weighted by atomic mass is 19.3. The Balaban J connectivity index is 2.14. The molecule has 0 bridgehead atoms. The van der Waals surface area contributed by atoms with Gasteiger partial charge in [-0.3, -0.25) is 9.79 Å². The van der Waals surface area contributed by atoms with E-state index >= 15 is 4.39 Å². The van der Waals surface area contributed by atoms with Crippen molar-refractivity contribution in [2.45, 2.75) is 96.1 Å². The van der Waals surface area contributed by atoms with Crippen LogP contribution in [0.25, 0.3) is 5.57 Å². The van der Waals surface area contributed by atoms with Crippen molar-refractivity contribution in [2.24, 2.45) is 5.92 Å². The molecule has 1 aliphatic rings. The Morgan fingerprint density at radius 1 is 1.02 bits per heavy atom. The number of hydrogen-bond acceptors (Lipinski definition) is 6. The minimum absolute atomic E-state index is 0.138. The van der Waals surface area contributed by atoms with Crippen molar-refractivity contribution in [3.8, 4) is 0 Å². The van der Waals surface area contributed by atoms with Crippen LogP contribution >= 0.6 is 0 Å². The van der Waals surface area contributed by atoms with E-state index in [2.05, 4.69) is 0 Å². The summed E-state index contributed by atoms with van der Waals surface area (Å²) in [4.78, 5) is 51.8. The standard InChI is InChI=1S/C34H42F3NO6/c1-23(21-39)34(38(7)30(41)43-31(2,3)4,29(40)44-42-22-24-11-9-8-10-12-24)28(32(5,6)35)27-15-13-25(14-16-27)26-17-19-33(36,37)20-18-26/h8-17,21,23,28H,18-20,22H2,1-7H3/t23?,28?,34-/m0/s1. The van der Waals surface area contributed by atoms with Crippen molar-refractivity contribution in [2.75, 3.05) is 7.05 Å². The molecule has 0 fully saturated rings. The maximum absolute atomic E-state index is 16.5. The van der Waals surface area contributed by atoms with Gasteiger partial charge in [-0.1, -0.05) is 67.6 Å². The number of ether oxygens (including phenoxy) is 1. The molecule has 0 heterocycles. The van der Waals surface area contributed by atoms with Crippen molar-refractivity contribution in [3.05, 3.63) is 77.4 Å². The number of aldehydes is 1. The molecule has 1 aliphatic carbocycles. The minimum atomic E-state index is -2.76. The zero-order chi connectivity index (χ0) is 32.9. The summed E-state index contributed by atoms with van der Waals surface area (Å²) >= 11 is 0.